The van der Waals surface area contributed by atoms with Gasteiger partial charge in [-0.25, -0.2) is 0 Å². The van der Waals surface area contributed by atoms with E-state index in [1.54, 1.807) is 12.1 Å². The molecule has 0 radical (unpaired) electrons. The van der Waals surface area contributed by atoms with Gasteiger partial charge in [-0.05, 0) is 36.8 Å². The second-order valence-corrected chi connectivity index (χ2v) is 6.86. The van der Waals surface area contributed by atoms with E-state index in [1.807, 2.05) is 45.0 Å². The first-order valence-corrected chi connectivity index (χ1v) is 9.41. The third-order valence-electron chi connectivity index (χ3n) is 3.95. The van der Waals surface area contributed by atoms with E-state index in [4.69, 9.17) is 21.1 Å². The van der Waals surface area contributed by atoms with Crippen molar-refractivity contribution in [3.63, 3.8) is 0 Å². The molecule has 2 amide bonds. The van der Waals surface area contributed by atoms with Crippen molar-refractivity contribution in [1.82, 2.24) is 5.32 Å². The standard InChI is InChI=1S/C21H25ClN2O4/c1-5-28-19-17(22)10-15(11-18(19)27-4)21(26)23-12-14-7-6-8-16(9-14)24-20(25)13(2)3/h6-11,13H,5,12H2,1-4H3,(H,23,26)(H,24,25). The number of carbonyl (C=O) groups is 2. The zero-order valence-corrected chi connectivity index (χ0v) is 17.2. The molecule has 0 aliphatic heterocycles. The Hall–Kier alpha value is -2.73. The predicted octanol–water partition coefficient (Wildman–Crippen LogP) is 4.27. The van der Waals surface area contributed by atoms with Crippen LogP contribution in [0.1, 0.15) is 36.7 Å². The van der Waals surface area contributed by atoms with Gasteiger partial charge in [0.25, 0.3) is 5.91 Å². The minimum absolute atomic E-state index is 0.0580. The number of carbonyl (C=O) groups excluding carboxylic acids is 2. The van der Waals surface area contributed by atoms with Crippen LogP contribution >= 0.6 is 11.6 Å². The maximum Gasteiger partial charge on any atom is 0.251 e. The SMILES string of the molecule is CCOc1c(Cl)cc(C(=O)NCc2cccc(NC(=O)C(C)C)c2)cc1OC. The van der Waals surface area contributed by atoms with Crippen molar-refractivity contribution < 1.29 is 19.1 Å². The number of rotatable bonds is 8. The third kappa shape index (κ3) is 5.63. The number of halogens is 1. The Morgan fingerprint density at radius 3 is 2.57 bits per heavy atom. The summed E-state index contributed by atoms with van der Waals surface area (Å²) >= 11 is 6.22. The Morgan fingerprint density at radius 2 is 1.93 bits per heavy atom. The molecular formula is C21H25ClN2O4. The molecule has 150 valence electrons. The number of hydrogen-bond acceptors (Lipinski definition) is 4. The lowest BCUT2D eigenvalue weighted by Gasteiger charge is -2.13. The van der Waals surface area contributed by atoms with Gasteiger partial charge in [-0.2, -0.15) is 0 Å². The molecule has 0 aromatic heterocycles. The molecule has 0 atom stereocenters. The van der Waals surface area contributed by atoms with E-state index in [-0.39, 0.29) is 17.7 Å². The van der Waals surface area contributed by atoms with Gasteiger partial charge in [0.1, 0.15) is 0 Å². The molecule has 0 aliphatic carbocycles. The van der Waals surface area contributed by atoms with Crippen molar-refractivity contribution in [1.29, 1.82) is 0 Å². The Balaban J connectivity index is 2.08. The summed E-state index contributed by atoms with van der Waals surface area (Å²) in [5, 5.41) is 5.99. The van der Waals surface area contributed by atoms with Crippen LogP contribution < -0.4 is 20.1 Å². The molecule has 28 heavy (non-hydrogen) atoms. The van der Waals surface area contributed by atoms with E-state index in [2.05, 4.69) is 10.6 Å². The normalized spacial score (nSPS) is 10.5. The highest BCUT2D eigenvalue weighted by Crippen LogP contribution is 2.36. The zero-order valence-electron chi connectivity index (χ0n) is 16.5. The lowest BCUT2D eigenvalue weighted by molar-refractivity contribution is -0.118. The van der Waals surface area contributed by atoms with Crippen LogP contribution in [0.5, 0.6) is 11.5 Å². The van der Waals surface area contributed by atoms with Gasteiger partial charge < -0.3 is 20.1 Å². The van der Waals surface area contributed by atoms with Crippen LogP contribution in [0.25, 0.3) is 0 Å². The van der Waals surface area contributed by atoms with Crippen LogP contribution in [-0.2, 0) is 11.3 Å². The van der Waals surface area contributed by atoms with Crippen molar-refractivity contribution in [2.75, 3.05) is 19.0 Å². The van der Waals surface area contributed by atoms with E-state index in [0.717, 1.165) is 5.56 Å². The second kappa shape index (κ2) is 9.99. The molecule has 2 rings (SSSR count). The first-order chi connectivity index (χ1) is 13.3. The second-order valence-electron chi connectivity index (χ2n) is 6.45. The van der Waals surface area contributed by atoms with Gasteiger partial charge in [0.15, 0.2) is 11.5 Å². The van der Waals surface area contributed by atoms with E-state index in [9.17, 15) is 9.59 Å². The summed E-state index contributed by atoms with van der Waals surface area (Å²) in [6, 6.07) is 10.5. The van der Waals surface area contributed by atoms with Crippen LogP contribution in [0.2, 0.25) is 5.02 Å². The van der Waals surface area contributed by atoms with Crippen molar-refractivity contribution in [2.24, 2.45) is 5.92 Å². The molecule has 0 spiro atoms. The molecule has 0 saturated heterocycles. The topological polar surface area (TPSA) is 76.7 Å². The van der Waals surface area contributed by atoms with Gasteiger partial charge >= 0.3 is 0 Å². The largest absolute Gasteiger partial charge is 0.493 e. The lowest BCUT2D eigenvalue weighted by Crippen LogP contribution is -2.23. The molecule has 7 heteroatoms. The highest BCUT2D eigenvalue weighted by Gasteiger charge is 2.16. The van der Waals surface area contributed by atoms with Gasteiger partial charge in [0, 0.05) is 23.7 Å². The number of methoxy groups -OCH3 is 1. The molecule has 0 saturated carbocycles. The number of anilines is 1. The van der Waals surface area contributed by atoms with Gasteiger partial charge in [-0.15, -0.1) is 0 Å². The average molecular weight is 405 g/mol. The number of amides is 2. The number of hydrogen-bond donors (Lipinski definition) is 2. The van der Waals surface area contributed by atoms with Gasteiger partial charge in [0.05, 0.1) is 18.7 Å². The summed E-state index contributed by atoms with van der Waals surface area (Å²) < 4.78 is 10.7. The van der Waals surface area contributed by atoms with Crippen LogP contribution in [0.4, 0.5) is 5.69 Å². The fourth-order valence-electron chi connectivity index (χ4n) is 2.47. The molecule has 2 aromatic carbocycles. The van der Waals surface area contributed by atoms with Crippen LogP contribution in [-0.4, -0.2) is 25.5 Å². The number of benzene rings is 2. The maximum atomic E-state index is 12.5. The third-order valence-corrected chi connectivity index (χ3v) is 4.23. The Morgan fingerprint density at radius 1 is 1.18 bits per heavy atom. The van der Waals surface area contributed by atoms with Crippen molar-refractivity contribution in [3.05, 3.63) is 52.5 Å². The smallest absolute Gasteiger partial charge is 0.251 e. The van der Waals surface area contributed by atoms with E-state index >= 15 is 0 Å². The van der Waals surface area contributed by atoms with E-state index in [1.165, 1.54) is 7.11 Å². The summed E-state index contributed by atoms with van der Waals surface area (Å²) in [7, 11) is 1.49. The fraction of sp³-hybridized carbons (Fsp3) is 0.333. The maximum absolute atomic E-state index is 12.5. The highest BCUT2D eigenvalue weighted by molar-refractivity contribution is 6.32. The minimum Gasteiger partial charge on any atom is -0.493 e. The predicted molar refractivity (Wildman–Crippen MR) is 110 cm³/mol. The molecule has 2 N–H and O–H groups in total. The summed E-state index contributed by atoms with van der Waals surface area (Å²) in [6.07, 6.45) is 0. The average Bonchev–Trinajstić information content (AvgIpc) is 2.67. The Labute approximate surface area is 170 Å². The molecule has 6 nitrogen and oxygen atoms in total. The Bertz CT molecular complexity index is 852. The van der Waals surface area contributed by atoms with Gasteiger partial charge in [-0.3, -0.25) is 9.59 Å². The van der Waals surface area contributed by atoms with Gasteiger partial charge in [0.2, 0.25) is 5.91 Å². The number of ether oxygens (including phenoxy) is 2. The summed E-state index contributed by atoms with van der Waals surface area (Å²) in [5.74, 6) is 0.356. The highest BCUT2D eigenvalue weighted by atomic mass is 35.5. The number of nitrogens with one attached hydrogen (secondary N) is 2. The fourth-order valence-corrected chi connectivity index (χ4v) is 2.73. The van der Waals surface area contributed by atoms with Crippen LogP contribution in [0, 0.1) is 5.92 Å². The molecular weight excluding hydrogens is 380 g/mol. The first kappa shape index (κ1) is 21.6. The van der Waals surface area contributed by atoms with Gasteiger partial charge in [-0.1, -0.05) is 37.6 Å². The van der Waals surface area contributed by atoms with E-state index in [0.29, 0.717) is 40.9 Å². The zero-order chi connectivity index (χ0) is 20.7. The molecule has 0 unspecified atom stereocenters. The minimum atomic E-state index is -0.292. The van der Waals surface area contributed by atoms with Crippen LogP contribution in [0.15, 0.2) is 36.4 Å². The molecule has 0 aliphatic rings. The summed E-state index contributed by atoms with van der Waals surface area (Å²) in [6.45, 7) is 6.24. The van der Waals surface area contributed by atoms with E-state index < -0.39 is 0 Å². The van der Waals surface area contributed by atoms with Crippen LogP contribution in [0.3, 0.4) is 0 Å². The summed E-state index contributed by atoms with van der Waals surface area (Å²) in [4.78, 5) is 24.3. The van der Waals surface area contributed by atoms with Crippen molar-refractivity contribution in [3.8, 4) is 11.5 Å². The van der Waals surface area contributed by atoms with Crippen molar-refractivity contribution >= 4 is 29.1 Å². The molecule has 0 fully saturated rings. The molecule has 0 heterocycles. The summed E-state index contributed by atoms with van der Waals surface area (Å²) in [5.41, 5.74) is 1.92. The first-order valence-electron chi connectivity index (χ1n) is 9.04. The van der Waals surface area contributed by atoms with Crippen molar-refractivity contribution in [2.45, 2.75) is 27.3 Å². The molecule has 2 aromatic rings. The molecule has 0 bridgehead atoms. The monoisotopic (exact) mass is 404 g/mol. The Kier molecular flexibility index (Phi) is 7.70. The lowest BCUT2D eigenvalue weighted by atomic mass is 10.1. The quantitative estimate of drug-likeness (QED) is 0.688.